The summed E-state index contributed by atoms with van der Waals surface area (Å²) >= 11 is 9.76. The van der Waals surface area contributed by atoms with E-state index < -0.39 is 17.4 Å². The zero-order valence-corrected chi connectivity index (χ0v) is 19.0. The smallest absolute Gasteiger partial charge is 0.250 e. The first kappa shape index (κ1) is 19.5. The van der Waals surface area contributed by atoms with Gasteiger partial charge in [0, 0.05) is 21.1 Å². The second-order valence-corrected chi connectivity index (χ2v) is 10.0. The Morgan fingerprint density at radius 1 is 1.16 bits per heavy atom. The number of rotatable bonds is 1. The Balaban J connectivity index is 1.57. The van der Waals surface area contributed by atoms with Crippen molar-refractivity contribution < 1.29 is 14.4 Å². The molecule has 0 aromatic heterocycles. The van der Waals surface area contributed by atoms with Crippen LogP contribution in [0.4, 0.5) is 11.4 Å². The van der Waals surface area contributed by atoms with E-state index in [1.54, 1.807) is 24.3 Å². The maximum absolute atomic E-state index is 13.9. The van der Waals surface area contributed by atoms with E-state index in [0.29, 0.717) is 22.9 Å². The normalized spacial score (nSPS) is 31.4. The molecule has 31 heavy (non-hydrogen) atoms. The van der Waals surface area contributed by atoms with Crippen molar-refractivity contribution in [2.75, 3.05) is 16.8 Å². The molecule has 3 fully saturated rings. The molecule has 158 valence electrons. The van der Waals surface area contributed by atoms with Gasteiger partial charge in [0.1, 0.15) is 5.54 Å². The van der Waals surface area contributed by atoms with Crippen molar-refractivity contribution in [1.29, 1.82) is 0 Å². The lowest BCUT2D eigenvalue weighted by atomic mass is 9.75. The quantitative estimate of drug-likeness (QED) is 0.604. The van der Waals surface area contributed by atoms with E-state index in [1.807, 2.05) is 19.1 Å². The van der Waals surface area contributed by atoms with Crippen LogP contribution < -0.4 is 10.2 Å². The first-order valence-corrected chi connectivity index (χ1v) is 11.6. The molecule has 2 aromatic carbocycles. The molecule has 0 aliphatic carbocycles. The average Bonchev–Trinajstić information content (AvgIpc) is 3.43. The maximum atomic E-state index is 13.9. The minimum Gasteiger partial charge on any atom is -0.324 e. The molecule has 1 spiro atoms. The van der Waals surface area contributed by atoms with Gasteiger partial charge in [-0.2, -0.15) is 0 Å². The Hall–Kier alpha value is -2.22. The van der Waals surface area contributed by atoms with E-state index in [-0.39, 0.29) is 23.8 Å². The molecule has 4 aliphatic heterocycles. The van der Waals surface area contributed by atoms with Gasteiger partial charge in [-0.05, 0) is 56.1 Å². The van der Waals surface area contributed by atoms with E-state index in [2.05, 4.69) is 26.1 Å². The van der Waals surface area contributed by atoms with Crippen LogP contribution in [-0.4, -0.2) is 35.2 Å². The number of fused-ring (bicyclic) bond motifs is 7. The fourth-order valence-electron chi connectivity index (χ4n) is 6.26. The Morgan fingerprint density at radius 3 is 2.74 bits per heavy atom. The lowest BCUT2D eigenvalue weighted by molar-refractivity contribution is -0.135. The number of nitrogens with one attached hydrogen (secondary N) is 1. The minimum atomic E-state index is -1.18. The van der Waals surface area contributed by atoms with E-state index in [1.165, 1.54) is 4.90 Å². The van der Waals surface area contributed by atoms with Gasteiger partial charge in [-0.15, -0.1) is 0 Å². The lowest BCUT2D eigenvalue weighted by Crippen LogP contribution is -2.54. The van der Waals surface area contributed by atoms with Gasteiger partial charge in [0.25, 0.3) is 0 Å². The van der Waals surface area contributed by atoms with Gasteiger partial charge in [0.05, 0.1) is 23.2 Å². The van der Waals surface area contributed by atoms with Crippen LogP contribution in [0.25, 0.3) is 0 Å². The highest BCUT2D eigenvalue weighted by molar-refractivity contribution is 9.10. The molecule has 6 rings (SSSR count). The molecule has 0 saturated carbocycles. The number of benzene rings is 2. The molecule has 8 heteroatoms. The SMILES string of the molecule is Cc1c(Cl)ccc2c1NC(=O)[C@]21[C@H]2C(=O)N(c3cccc(Br)c3)C(=O)[C@@H]2[C@H]2CCCN21. The van der Waals surface area contributed by atoms with Gasteiger partial charge in [-0.25, -0.2) is 4.90 Å². The summed E-state index contributed by atoms with van der Waals surface area (Å²) in [5, 5.41) is 3.57. The standard InChI is InChI=1S/C23H19BrClN3O3/c1-11-15(25)8-7-14-19(11)26-22(31)23(14)18-17(16-6-3-9-27(16)23)20(29)28(21(18)30)13-5-2-4-12(24)10-13/h2,4-5,7-8,10,16-18H,3,6,9H2,1H3,(H,26,31)/t16-,17-,18-,23-/m1/s1. The number of amides is 3. The van der Waals surface area contributed by atoms with Crippen LogP contribution in [0, 0.1) is 18.8 Å². The van der Waals surface area contributed by atoms with Gasteiger partial charge < -0.3 is 5.32 Å². The maximum Gasteiger partial charge on any atom is 0.250 e. The molecule has 6 nitrogen and oxygen atoms in total. The Bertz CT molecular complexity index is 1200. The largest absolute Gasteiger partial charge is 0.324 e. The van der Waals surface area contributed by atoms with E-state index in [9.17, 15) is 14.4 Å². The van der Waals surface area contributed by atoms with Crippen LogP contribution in [0.15, 0.2) is 40.9 Å². The van der Waals surface area contributed by atoms with Crippen molar-refractivity contribution in [3.05, 3.63) is 57.0 Å². The molecule has 4 aliphatic rings. The third-order valence-corrected chi connectivity index (χ3v) is 8.33. The van der Waals surface area contributed by atoms with Crippen molar-refractivity contribution in [1.82, 2.24) is 4.90 Å². The van der Waals surface area contributed by atoms with Crippen LogP contribution in [0.2, 0.25) is 5.02 Å². The molecule has 0 radical (unpaired) electrons. The summed E-state index contributed by atoms with van der Waals surface area (Å²) in [5.41, 5.74) is 1.57. The zero-order chi connectivity index (χ0) is 21.7. The van der Waals surface area contributed by atoms with Crippen LogP contribution in [0.5, 0.6) is 0 Å². The number of nitrogens with zero attached hydrogens (tertiary/aromatic N) is 2. The summed E-state index contributed by atoms with van der Waals surface area (Å²) in [5.74, 6) is -2.05. The van der Waals surface area contributed by atoms with Crippen LogP contribution in [-0.2, 0) is 19.9 Å². The number of hydrogen-bond acceptors (Lipinski definition) is 4. The number of carbonyl (C=O) groups is 3. The van der Waals surface area contributed by atoms with Crippen molar-refractivity contribution >= 4 is 56.6 Å². The monoisotopic (exact) mass is 499 g/mol. The third-order valence-electron chi connectivity index (χ3n) is 7.43. The highest BCUT2D eigenvalue weighted by atomic mass is 79.9. The number of carbonyl (C=O) groups excluding carboxylic acids is 3. The summed E-state index contributed by atoms with van der Waals surface area (Å²) in [6, 6.07) is 10.7. The molecule has 4 atom stereocenters. The minimum absolute atomic E-state index is 0.133. The molecule has 0 unspecified atom stereocenters. The molecular weight excluding hydrogens is 482 g/mol. The third kappa shape index (κ3) is 2.24. The summed E-state index contributed by atoms with van der Waals surface area (Å²) in [4.78, 5) is 44.6. The van der Waals surface area contributed by atoms with Crippen LogP contribution >= 0.6 is 27.5 Å². The van der Waals surface area contributed by atoms with Gasteiger partial charge in [-0.1, -0.05) is 39.7 Å². The summed E-state index contributed by atoms with van der Waals surface area (Å²) in [6.07, 6.45) is 1.69. The van der Waals surface area contributed by atoms with Gasteiger partial charge in [0.2, 0.25) is 17.7 Å². The van der Waals surface area contributed by atoms with Gasteiger partial charge in [0.15, 0.2) is 0 Å². The molecule has 2 aromatic rings. The number of hydrogen-bond donors (Lipinski definition) is 1. The number of imide groups is 1. The van der Waals surface area contributed by atoms with Crippen molar-refractivity contribution in [3.63, 3.8) is 0 Å². The average molecular weight is 501 g/mol. The molecule has 3 amide bonds. The van der Waals surface area contributed by atoms with Crippen molar-refractivity contribution in [2.45, 2.75) is 31.3 Å². The summed E-state index contributed by atoms with van der Waals surface area (Å²) < 4.78 is 0.786. The predicted octanol–water partition coefficient (Wildman–Crippen LogP) is 3.84. The number of anilines is 2. The van der Waals surface area contributed by atoms with Gasteiger partial charge >= 0.3 is 0 Å². The summed E-state index contributed by atoms with van der Waals surface area (Å²) in [6.45, 7) is 2.55. The van der Waals surface area contributed by atoms with Crippen molar-refractivity contribution in [3.8, 4) is 0 Å². The van der Waals surface area contributed by atoms with E-state index in [4.69, 9.17) is 11.6 Å². The number of halogens is 2. The first-order chi connectivity index (χ1) is 14.9. The molecule has 4 heterocycles. The molecule has 0 bridgehead atoms. The molecule has 1 N–H and O–H groups in total. The lowest BCUT2D eigenvalue weighted by Gasteiger charge is -2.36. The topological polar surface area (TPSA) is 69.7 Å². The predicted molar refractivity (Wildman–Crippen MR) is 120 cm³/mol. The first-order valence-electron chi connectivity index (χ1n) is 10.4. The van der Waals surface area contributed by atoms with Crippen molar-refractivity contribution in [2.24, 2.45) is 11.8 Å². The zero-order valence-electron chi connectivity index (χ0n) is 16.7. The van der Waals surface area contributed by atoms with Gasteiger partial charge in [-0.3, -0.25) is 19.3 Å². The summed E-state index contributed by atoms with van der Waals surface area (Å²) in [7, 11) is 0. The van der Waals surface area contributed by atoms with Crippen LogP contribution in [0.3, 0.4) is 0 Å². The molecule has 3 saturated heterocycles. The van der Waals surface area contributed by atoms with E-state index in [0.717, 1.165) is 28.4 Å². The fourth-order valence-corrected chi connectivity index (χ4v) is 6.80. The molecular formula is C23H19BrClN3O3. The fraction of sp³-hybridized carbons (Fsp3) is 0.348. The Labute approximate surface area is 192 Å². The highest BCUT2D eigenvalue weighted by Gasteiger charge is 2.74. The second kappa shape index (κ2) is 6.40. The second-order valence-electron chi connectivity index (χ2n) is 8.71. The Morgan fingerprint density at radius 2 is 1.97 bits per heavy atom. The highest BCUT2D eigenvalue weighted by Crippen LogP contribution is 2.61. The van der Waals surface area contributed by atoms with Crippen LogP contribution in [0.1, 0.15) is 24.0 Å². The van der Waals surface area contributed by atoms with E-state index >= 15 is 0 Å². The Kier molecular flexibility index (Phi) is 4.02.